The SMILES string of the molecule is Cc1nc2ccc(/C=C/C(=O)N3CCOCC3)cc2s1. The van der Waals surface area contributed by atoms with Crippen LogP contribution in [-0.2, 0) is 9.53 Å². The van der Waals surface area contributed by atoms with Crippen LogP contribution in [0.25, 0.3) is 16.3 Å². The lowest BCUT2D eigenvalue weighted by Gasteiger charge is -2.25. The van der Waals surface area contributed by atoms with E-state index in [0.717, 1.165) is 20.8 Å². The molecule has 4 nitrogen and oxygen atoms in total. The number of benzene rings is 1. The van der Waals surface area contributed by atoms with Gasteiger partial charge in [-0.25, -0.2) is 4.98 Å². The summed E-state index contributed by atoms with van der Waals surface area (Å²) in [5.41, 5.74) is 2.05. The molecule has 5 heteroatoms. The molecule has 0 bridgehead atoms. The largest absolute Gasteiger partial charge is 0.378 e. The first kappa shape index (κ1) is 13.3. The summed E-state index contributed by atoms with van der Waals surface area (Å²) in [5, 5.41) is 1.06. The molecule has 3 rings (SSSR count). The molecule has 0 aliphatic carbocycles. The molecule has 20 heavy (non-hydrogen) atoms. The lowest BCUT2D eigenvalue weighted by molar-refractivity contribution is -0.129. The number of hydrogen-bond acceptors (Lipinski definition) is 4. The number of thiazole rings is 1. The highest BCUT2D eigenvalue weighted by Crippen LogP contribution is 2.23. The molecule has 1 aliphatic heterocycles. The van der Waals surface area contributed by atoms with Crippen LogP contribution < -0.4 is 0 Å². The second kappa shape index (κ2) is 5.73. The third-order valence-electron chi connectivity index (χ3n) is 3.26. The van der Waals surface area contributed by atoms with Crippen molar-refractivity contribution in [3.63, 3.8) is 0 Å². The Balaban J connectivity index is 1.74. The van der Waals surface area contributed by atoms with Gasteiger partial charge in [-0.1, -0.05) is 6.07 Å². The van der Waals surface area contributed by atoms with Gasteiger partial charge in [-0.05, 0) is 30.7 Å². The van der Waals surface area contributed by atoms with Gasteiger partial charge in [-0.15, -0.1) is 11.3 Å². The molecule has 2 aromatic rings. The molecule has 0 radical (unpaired) electrons. The number of ether oxygens (including phenoxy) is 1. The molecule has 1 fully saturated rings. The van der Waals surface area contributed by atoms with Crippen LogP contribution in [0.1, 0.15) is 10.6 Å². The summed E-state index contributed by atoms with van der Waals surface area (Å²) in [7, 11) is 0. The van der Waals surface area contributed by atoms with Crippen LogP contribution in [0.15, 0.2) is 24.3 Å². The van der Waals surface area contributed by atoms with E-state index in [1.807, 2.05) is 30.0 Å². The first-order chi connectivity index (χ1) is 9.72. The average molecular weight is 288 g/mol. The van der Waals surface area contributed by atoms with Gasteiger partial charge in [0.05, 0.1) is 28.4 Å². The lowest BCUT2D eigenvalue weighted by atomic mass is 10.2. The molecular formula is C15H16N2O2S. The number of nitrogens with zero attached hydrogens (tertiary/aromatic N) is 2. The second-order valence-corrected chi connectivity index (χ2v) is 5.97. The fourth-order valence-electron chi connectivity index (χ4n) is 2.22. The Kier molecular flexibility index (Phi) is 3.80. The molecule has 0 unspecified atom stereocenters. The van der Waals surface area contributed by atoms with E-state index >= 15 is 0 Å². The fraction of sp³-hybridized carbons (Fsp3) is 0.333. The van der Waals surface area contributed by atoms with E-state index in [1.54, 1.807) is 17.4 Å². The van der Waals surface area contributed by atoms with Crippen LogP contribution in [0, 0.1) is 6.92 Å². The Morgan fingerprint density at radius 1 is 1.40 bits per heavy atom. The number of carbonyl (C=O) groups excluding carboxylic acids is 1. The quantitative estimate of drug-likeness (QED) is 0.797. The number of aryl methyl sites for hydroxylation is 1. The summed E-state index contributed by atoms with van der Waals surface area (Å²) in [6.45, 7) is 4.62. The van der Waals surface area contributed by atoms with E-state index in [1.165, 1.54) is 0 Å². The number of hydrogen-bond donors (Lipinski definition) is 0. The van der Waals surface area contributed by atoms with Gasteiger partial charge < -0.3 is 9.64 Å². The van der Waals surface area contributed by atoms with Gasteiger partial charge in [-0.3, -0.25) is 4.79 Å². The van der Waals surface area contributed by atoms with Gasteiger partial charge in [0.25, 0.3) is 0 Å². The van der Waals surface area contributed by atoms with E-state index in [4.69, 9.17) is 4.74 Å². The summed E-state index contributed by atoms with van der Waals surface area (Å²) in [6.07, 6.45) is 3.51. The third-order valence-corrected chi connectivity index (χ3v) is 4.19. The van der Waals surface area contributed by atoms with Gasteiger partial charge in [0.1, 0.15) is 0 Å². The molecule has 104 valence electrons. The minimum absolute atomic E-state index is 0.0499. The summed E-state index contributed by atoms with van der Waals surface area (Å²) in [5.74, 6) is 0.0499. The maximum absolute atomic E-state index is 12.0. The van der Waals surface area contributed by atoms with Crippen molar-refractivity contribution in [1.82, 2.24) is 9.88 Å². The highest BCUT2D eigenvalue weighted by Gasteiger charge is 2.13. The van der Waals surface area contributed by atoms with E-state index < -0.39 is 0 Å². The topological polar surface area (TPSA) is 42.4 Å². The van der Waals surface area contributed by atoms with Crippen LogP contribution >= 0.6 is 11.3 Å². The van der Waals surface area contributed by atoms with Crippen molar-refractivity contribution >= 4 is 33.5 Å². The summed E-state index contributed by atoms with van der Waals surface area (Å²) >= 11 is 1.67. The van der Waals surface area contributed by atoms with E-state index in [2.05, 4.69) is 11.1 Å². The maximum Gasteiger partial charge on any atom is 0.246 e. The van der Waals surface area contributed by atoms with Gasteiger partial charge in [0.2, 0.25) is 5.91 Å². The van der Waals surface area contributed by atoms with Crippen molar-refractivity contribution < 1.29 is 9.53 Å². The number of amides is 1. The van der Waals surface area contributed by atoms with Gasteiger partial charge in [0, 0.05) is 19.2 Å². The predicted octanol–water partition coefficient (Wildman–Crippen LogP) is 2.48. The van der Waals surface area contributed by atoms with Crippen LogP contribution in [0.5, 0.6) is 0 Å². The van der Waals surface area contributed by atoms with Gasteiger partial charge in [-0.2, -0.15) is 0 Å². The van der Waals surface area contributed by atoms with Crippen LogP contribution in [0.4, 0.5) is 0 Å². The monoisotopic (exact) mass is 288 g/mol. The Bertz CT molecular complexity index is 657. The fourth-order valence-corrected chi connectivity index (χ4v) is 3.09. The van der Waals surface area contributed by atoms with E-state index in [9.17, 15) is 4.79 Å². The van der Waals surface area contributed by atoms with Crippen molar-refractivity contribution in [2.24, 2.45) is 0 Å². The maximum atomic E-state index is 12.0. The number of carbonyl (C=O) groups is 1. The number of morpholine rings is 1. The minimum atomic E-state index is 0.0499. The summed E-state index contributed by atoms with van der Waals surface area (Å²) in [4.78, 5) is 18.3. The molecule has 2 heterocycles. The van der Waals surface area contributed by atoms with Crippen LogP contribution in [-0.4, -0.2) is 42.1 Å². The Hall–Kier alpha value is -1.72. The van der Waals surface area contributed by atoms with Crippen molar-refractivity contribution in [2.75, 3.05) is 26.3 Å². The molecule has 0 N–H and O–H groups in total. The molecule has 1 aromatic heterocycles. The van der Waals surface area contributed by atoms with Crippen molar-refractivity contribution in [3.8, 4) is 0 Å². The second-order valence-electron chi connectivity index (χ2n) is 4.73. The molecule has 0 atom stereocenters. The Labute approximate surface area is 121 Å². The van der Waals surface area contributed by atoms with Crippen molar-refractivity contribution in [2.45, 2.75) is 6.92 Å². The molecule has 1 aromatic carbocycles. The first-order valence-corrected chi connectivity index (χ1v) is 7.46. The zero-order valence-corrected chi connectivity index (χ0v) is 12.2. The average Bonchev–Trinajstić information content (AvgIpc) is 2.85. The van der Waals surface area contributed by atoms with Crippen molar-refractivity contribution in [1.29, 1.82) is 0 Å². The smallest absolute Gasteiger partial charge is 0.246 e. The number of fused-ring (bicyclic) bond motifs is 1. The third kappa shape index (κ3) is 2.89. The number of aromatic nitrogens is 1. The summed E-state index contributed by atoms with van der Waals surface area (Å²) < 4.78 is 6.40. The van der Waals surface area contributed by atoms with E-state index in [-0.39, 0.29) is 5.91 Å². The Morgan fingerprint density at radius 3 is 3.00 bits per heavy atom. The minimum Gasteiger partial charge on any atom is -0.378 e. The molecule has 1 aliphatic rings. The van der Waals surface area contributed by atoms with Crippen molar-refractivity contribution in [3.05, 3.63) is 34.8 Å². The predicted molar refractivity (Wildman–Crippen MR) is 80.8 cm³/mol. The van der Waals surface area contributed by atoms with Gasteiger partial charge in [0.15, 0.2) is 0 Å². The highest BCUT2D eigenvalue weighted by molar-refractivity contribution is 7.18. The molecule has 1 amide bonds. The normalized spacial score (nSPS) is 16.1. The lowest BCUT2D eigenvalue weighted by Crippen LogP contribution is -2.39. The zero-order chi connectivity index (χ0) is 13.9. The van der Waals surface area contributed by atoms with E-state index in [0.29, 0.717) is 26.3 Å². The zero-order valence-electron chi connectivity index (χ0n) is 11.3. The van der Waals surface area contributed by atoms with Gasteiger partial charge >= 0.3 is 0 Å². The van der Waals surface area contributed by atoms with Crippen LogP contribution in [0.3, 0.4) is 0 Å². The molecular weight excluding hydrogens is 272 g/mol. The molecule has 0 saturated carbocycles. The standard InChI is InChI=1S/C15H16N2O2S/c1-11-16-13-4-2-12(10-14(13)20-11)3-5-15(18)17-6-8-19-9-7-17/h2-5,10H,6-9H2,1H3/b5-3+. The first-order valence-electron chi connectivity index (χ1n) is 6.64. The molecule has 0 spiro atoms. The number of rotatable bonds is 2. The highest BCUT2D eigenvalue weighted by atomic mass is 32.1. The van der Waals surface area contributed by atoms with Crippen LogP contribution in [0.2, 0.25) is 0 Å². The molecule has 1 saturated heterocycles. The summed E-state index contributed by atoms with van der Waals surface area (Å²) in [6, 6.07) is 6.06. The Morgan fingerprint density at radius 2 is 2.20 bits per heavy atom.